The van der Waals surface area contributed by atoms with Crippen LogP contribution in [0, 0.1) is 6.92 Å². The summed E-state index contributed by atoms with van der Waals surface area (Å²) in [6.45, 7) is 4.04. The number of hydrogen-bond donors (Lipinski definition) is 0. The van der Waals surface area contributed by atoms with E-state index in [4.69, 9.17) is 9.73 Å². The zero-order valence-electron chi connectivity index (χ0n) is 17.9. The Balaban J connectivity index is 0.00000225. The van der Waals surface area contributed by atoms with Crippen molar-refractivity contribution in [1.82, 2.24) is 9.80 Å². The van der Waals surface area contributed by atoms with Crippen LogP contribution >= 0.6 is 13.5 Å². The molecule has 0 atom stereocenters. The molecule has 3 rings (SSSR count). The Morgan fingerprint density at radius 1 is 1.07 bits per heavy atom. The topological polar surface area (TPSA) is 45.1 Å². The van der Waals surface area contributed by atoms with Gasteiger partial charge in [-0.05, 0) is 57.2 Å². The molecule has 7 heteroatoms. The fourth-order valence-corrected chi connectivity index (χ4v) is 3.37. The third-order valence-electron chi connectivity index (χ3n) is 4.84. The van der Waals surface area contributed by atoms with Crippen molar-refractivity contribution in [3.05, 3.63) is 59.7 Å². The van der Waals surface area contributed by atoms with Crippen molar-refractivity contribution in [2.45, 2.75) is 26.2 Å². The molecule has 0 aliphatic carbocycles. The summed E-state index contributed by atoms with van der Waals surface area (Å²) in [4.78, 5) is 21.8. The predicted octanol–water partition coefficient (Wildman–Crippen LogP) is 4.10. The third kappa shape index (κ3) is 6.85. The second-order valence-corrected chi connectivity index (χ2v) is 7.40. The van der Waals surface area contributed by atoms with E-state index < -0.39 is 0 Å². The van der Waals surface area contributed by atoms with Crippen molar-refractivity contribution in [1.29, 1.82) is 0 Å². The minimum absolute atomic E-state index is 0. The van der Waals surface area contributed by atoms with Gasteiger partial charge < -0.3 is 9.64 Å². The number of rotatable bonds is 8. The third-order valence-corrected chi connectivity index (χ3v) is 4.84. The van der Waals surface area contributed by atoms with E-state index in [2.05, 4.69) is 30.0 Å². The first-order valence-corrected chi connectivity index (χ1v) is 9.83. The van der Waals surface area contributed by atoms with Gasteiger partial charge in [-0.3, -0.25) is 14.4 Å². The largest absolute Gasteiger partial charge is 0.493 e. The van der Waals surface area contributed by atoms with Gasteiger partial charge in [0.25, 0.3) is 0 Å². The minimum Gasteiger partial charge on any atom is -0.493 e. The lowest BCUT2D eigenvalue weighted by Gasteiger charge is -2.23. The van der Waals surface area contributed by atoms with Crippen LogP contribution in [0.25, 0.3) is 0 Å². The summed E-state index contributed by atoms with van der Waals surface area (Å²) in [6, 6.07) is 15.8. The lowest BCUT2D eigenvalue weighted by Crippen LogP contribution is -2.39. The Hall–Kier alpha value is -2.38. The Kier molecular flexibility index (Phi) is 10.6. The smallest absolute Gasteiger partial charge is 0.231 e. The number of halogens is 1. The maximum Gasteiger partial charge on any atom is 0.231 e. The second-order valence-electron chi connectivity index (χ2n) is 7.40. The highest BCUT2D eigenvalue weighted by atomic mass is 32.1. The Morgan fingerprint density at radius 3 is 2.47 bits per heavy atom. The standard InChI is InChI=1S/C23H29N3O2.FH.H2S/c1-18-9-7-10-19-17-21(24-23(18)19)26(15-8-14-25(2)3)22(27)13-16-28-20-11-5-4-6-12-20;;/h4-7,9-12H,8,13-17H2,1-3H3;1H;1H2. The lowest BCUT2D eigenvalue weighted by molar-refractivity contribution is -0.128. The van der Waals surface area contributed by atoms with Crippen LogP contribution in [0.5, 0.6) is 5.75 Å². The molecule has 0 spiro atoms. The van der Waals surface area contributed by atoms with Crippen molar-refractivity contribution < 1.29 is 14.2 Å². The zero-order chi connectivity index (χ0) is 19.9. The van der Waals surface area contributed by atoms with E-state index in [1.54, 1.807) is 0 Å². The minimum atomic E-state index is 0. The highest BCUT2D eigenvalue weighted by molar-refractivity contribution is 7.59. The molecule has 0 aromatic heterocycles. The van der Waals surface area contributed by atoms with E-state index in [9.17, 15) is 4.79 Å². The Bertz CT molecular complexity index is 844. The fraction of sp³-hybridized carbons (Fsp3) is 0.391. The number of para-hydroxylation sites is 2. The maximum absolute atomic E-state index is 13.0. The van der Waals surface area contributed by atoms with Gasteiger partial charge in [-0.2, -0.15) is 13.5 Å². The quantitative estimate of drug-likeness (QED) is 0.630. The zero-order valence-corrected chi connectivity index (χ0v) is 18.9. The summed E-state index contributed by atoms with van der Waals surface area (Å²) in [5, 5.41) is 0. The average Bonchev–Trinajstić information content (AvgIpc) is 3.11. The molecule has 0 saturated carbocycles. The molecule has 0 bridgehead atoms. The molecule has 1 heterocycles. The highest BCUT2D eigenvalue weighted by Crippen LogP contribution is 2.31. The summed E-state index contributed by atoms with van der Waals surface area (Å²) in [5.74, 6) is 1.71. The molecule has 30 heavy (non-hydrogen) atoms. The summed E-state index contributed by atoms with van der Waals surface area (Å²) in [6.07, 6.45) is 1.96. The number of carbonyl (C=O) groups is 1. The number of hydrogen-bond acceptors (Lipinski definition) is 4. The van der Waals surface area contributed by atoms with E-state index in [-0.39, 0.29) is 24.1 Å². The first kappa shape index (κ1) is 25.7. The number of aryl methyl sites for hydroxylation is 1. The van der Waals surface area contributed by atoms with E-state index in [0.29, 0.717) is 26.0 Å². The van der Waals surface area contributed by atoms with E-state index in [1.165, 1.54) is 5.56 Å². The number of fused-ring (bicyclic) bond motifs is 1. The fourth-order valence-electron chi connectivity index (χ4n) is 3.37. The molecule has 0 N–H and O–H groups in total. The summed E-state index contributed by atoms with van der Waals surface area (Å²) in [7, 11) is 4.10. The van der Waals surface area contributed by atoms with Crippen molar-refractivity contribution in [2.24, 2.45) is 4.99 Å². The molecule has 1 amide bonds. The van der Waals surface area contributed by atoms with Gasteiger partial charge in [-0.15, -0.1) is 0 Å². The monoisotopic (exact) mass is 433 g/mol. The van der Waals surface area contributed by atoms with Gasteiger partial charge in [-0.1, -0.05) is 36.4 Å². The molecule has 164 valence electrons. The van der Waals surface area contributed by atoms with E-state index in [0.717, 1.165) is 35.8 Å². The first-order valence-electron chi connectivity index (χ1n) is 9.83. The van der Waals surface area contributed by atoms with E-state index in [1.807, 2.05) is 49.3 Å². The molecule has 0 fully saturated rings. The normalized spacial score (nSPS) is 11.8. The highest BCUT2D eigenvalue weighted by Gasteiger charge is 2.25. The summed E-state index contributed by atoms with van der Waals surface area (Å²) >= 11 is 0. The Labute approximate surface area is 185 Å². The number of aliphatic imine (C=N–C) groups is 1. The Morgan fingerprint density at radius 2 is 1.80 bits per heavy atom. The number of amidine groups is 1. The van der Waals surface area contributed by atoms with Crippen molar-refractivity contribution in [3.63, 3.8) is 0 Å². The lowest BCUT2D eigenvalue weighted by atomic mass is 10.1. The first-order chi connectivity index (χ1) is 13.5. The number of carbonyl (C=O) groups excluding carboxylic acids is 1. The van der Waals surface area contributed by atoms with Crippen LogP contribution in [0.4, 0.5) is 10.4 Å². The summed E-state index contributed by atoms with van der Waals surface area (Å²) < 4.78 is 5.72. The molecule has 0 saturated heterocycles. The van der Waals surface area contributed by atoms with Crippen LogP contribution in [-0.4, -0.2) is 55.3 Å². The van der Waals surface area contributed by atoms with Crippen LogP contribution in [0.15, 0.2) is 53.5 Å². The molecule has 0 radical (unpaired) electrons. The van der Waals surface area contributed by atoms with Crippen molar-refractivity contribution in [2.75, 3.05) is 33.8 Å². The van der Waals surface area contributed by atoms with Gasteiger partial charge >= 0.3 is 0 Å². The molecule has 2 aromatic carbocycles. The van der Waals surface area contributed by atoms with E-state index >= 15 is 0 Å². The SMILES string of the molecule is Cc1cccc2c1N=C(N(CCCN(C)C)C(=O)CCOc1ccccc1)C2.F.S. The molecule has 2 aromatic rings. The molecule has 1 aliphatic heterocycles. The molecule has 0 unspecified atom stereocenters. The van der Waals surface area contributed by atoms with Crippen molar-refractivity contribution in [3.8, 4) is 5.75 Å². The average molecular weight is 434 g/mol. The van der Waals surface area contributed by atoms with Crippen LogP contribution < -0.4 is 4.74 Å². The number of amides is 1. The number of benzene rings is 2. The second kappa shape index (κ2) is 12.3. The molecule has 1 aliphatic rings. The van der Waals surface area contributed by atoms with Crippen LogP contribution in [0.2, 0.25) is 0 Å². The summed E-state index contributed by atoms with van der Waals surface area (Å²) in [5.41, 5.74) is 3.37. The number of nitrogens with zero attached hydrogens (tertiary/aromatic N) is 3. The van der Waals surface area contributed by atoms with Gasteiger partial charge in [0.15, 0.2) is 0 Å². The van der Waals surface area contributed by atoms with Gasteiger partial charge in [0, 0.05) is 13.0 Å². The van der Waals surface area contributed by atoms with Gasteiger partial charge in [0.1, 0.15) is 11.6 Å². The van der Waals surface area contributed by atoms with Crippen LogP contribution in [0.3, 0.4) is 0 Å². The van der Waals surface area contributed by atoms with Gasteiger partial charge in [-0.25, -0.2) is 4.99 Å². The predicted molar refractivity (Wildman–Crippen MR) is 126 cm³/mol. The van der Waals surface area contributed by atoms with Gasteiger partial charge in [0.05, 0.1) is 18.7 Å². The molecular weight excluding hydrogens is 401 g/mol. The van der Waals surface area contributed by atoms with Crippen LogP contribution in [-0.2, 0) is 11.2 Å². The van der Waals surface area contributed by atoms with Crippen molar-refractivity contribution >= 4 is 30.9 Å². The number of ether oxygens (including phenoxy) is 1. The molecule has 5 nitrogen and oxygen atoms in total. The van der Waals surface area contributed by atoms with Gasteiger partial charge in [0.2, 0.25) is 5.91 Å². The van der Waals surface area contributed by atoms with Crippen LogP contribution in [0.1, 0.15) is 24.0 Å². The molecular formula is C23H32FN3O2S. The maximum atomic E-state index is 13.0.